The molecule has 1 aromatic carbocycles. The van der Waals surface area contributed by atoms with Crippen molar-refractivity contribution in [1.82, 2.24) is 0 Å². The lowest BCUT2D eigenvalue weighted by atomic mass is 10.1. The van der Waals surface area contributed by atoms with Gasteiger partial charge in [-0.15, -0.1) is 11.3 Å². The molecule has 2 aromatic rings. The van der Waals surface area contributed by atoms with Gasteiger partial charge in [-0.3, -0.25) is 0 Å². The van der Waals surface area contributed by atoms with E-state index in [0.717, 1.165) is 0 Å². The molecule has 88 valence electrons. The van der Waals surface area contributed by atoms with E-state index < -0.39 is 0 Å². The van der Waals surface area contributed by atoms with Gasteiger partial charge in [0, 0.05) is 21.7 Å². The Balaban J connectivity index is 1.90. The van der Waals surface area contributed by atoms with Crippen molar-refractivity contribution in [1.29, 1.82) is 0 Å². The van der Waals surface area contributed by atoms with E-state index >= 15 is 0 Å². The summed E-state index contributed by atoms with van der Waals surface area (Å²) < 4.78 is 0. The molecule has 1 heterocycles. The average Bonchev–Trinajstić information content (AvgIpc) is 2.72. The van der Waals surface area contributed by atoms with Crippen LogP contribution in [-0.2, 0) is 0 Å². The fourth-order valence-electron chi connectivity index (χ4n) is 2.50. The van der Waals surface area contributed by atoms with Crippen LogP contribution in [0.4, 0.5) is 0 Å². The molecule has 0 unspecified atom stereocenters. The first-order valence-corrected chi connectivity index (χ1v) is 6.83. The van der Waals surface area contributed by atoms with Crippen LogP contribution in [0.25, 0.3) is 10.4 Å². The van der Waals surface area contributed by atoms with Crippen molar-refractivity contribution >= 4 is 11.3 Å². The van der Waals surface area contributed by atoms with Gasteiger partial charge >= 0.3 is 0 Å². The van der Waals surface area contributed by atoms with Crippen molar-refractivity contribution in [2.45, 2.75) is 25.8 Å². The molecule has 0 bridgehead atoms. The van der Waals surface area contributed by atoms with Gasteiger partial charge in [-0.1, -0.05) is 44.2 Å². The van der Waals surface area contributed by atoms with E-state index in [4.69, 9.17) is 5.73 Å². The van der Waals surface area contributed by atoms with E-state index in [1.165, 1.54) is 15.3 Å². The van der Waals surface area contributed by atoms with E-state index in [1.54, 1.807) is 0 Å². The third-order valence-corrected chi connectivity index (χ3v) is 5.12. The minimum absolute atomic E-state index is 0.277. The lowest BCUT2D eigenvalue weighted by molar-refractivity contribution is 0.601. The molecule has 0 aliphatic heterocycles. The van der Waals surface area contributed by atoms with Crippen molar-refractivity contribution in [3.63, 3.8) is 0 Å². The zero-order chi connectivity index (χ0) is 12.0. The second kappa shape index (κ2) is 3.69. The van der Waals surface area contributed by atoms with Gasteiger partial charge in [0.2, 0.25) is 0 Å². The van der Waals surface area contributed by atoms with Crippen molar-refractivity contribution in [3.05, 3.63) is 47.3 Å². The lowest BCUT2D eigenvalue weighted by Crippen LogP contribution is -2.06. The molecule has 0 amide bonds. The molecule has 1 aliphatic carbocycles. The van der Waals surface area contributed by atoms with Gasteiger partial charge in [0.25, 0.3) is 0 Å². The maximum absolute atomic E-state index is 6.13. The third kappa shape index (κ3) is 1.72. The Labute approximate surface area is 106 Å². The standard InChI is InChI=1S/C15H17NS/c1-15(2)13(14(15)16)12-9-8-11(17-12)10-6-4-3-5-7-10/h3-9,13-14H,16H2,1-2H3/t13-,14-/m1/s1. The van der Waals surface area contributed by atoms with Gasteiger partial charge in [-0.2, -0.15) is 0 Å². The maximum atomic E-state index is 6.13. The normalized spacial score (nSPS) is 25.8. The van der Waals surface area contributed by atoms with E-state index in [0.29, 0.717) is 12.0 Å². The Bertz CT molecular complexity index is 527. The van der Waals surface area contributed by atoms with Crippen molar-refractivity contribution < 1.29 is 0 Å². The van der Waals surface area contributed by atoms with Gasteiger partial charge in [-0.25, -0.2) is 0 Å². The average molecular weight is 243 g/mol. The first-order valence-electron chi connectivity index (χ1n) is 6.01. The highest BCUT2D eigenvalue weighted by molar-refractivity contribution is 7.15. The summed E-state index contributed by atoms with van der Waals surface area (Å²) in [6.45, 7) is 4.51. The first-order chi connectivity index (χ1) is 8.10. The molecule has 1 aromatic heterocycles. The zero-order valence-electron chi connectivity index (χ0n) is 10.2. The van der Waals surface area contributed by atoms with Crippen molar-refractivity contribution in [2.75, 3.05) is 0 Å². The zero-order valence-corrected chi connectivity index (χ0v) is 11.0. The van der Waals surface area contributed by atoms with E-state index in [2.05, 4.69) is 56.3 Å². The Morgan fingerprint density at radius 2 is 1.71 bits per heavy atom. The summed E-state index contributed by atoms with van der Waals surface area (Å²) in [6, 6.07) is 15.3. The molecule has 2 N–H and O–H groups in total. The summed E-state index contributed by atoms with van der Waals surface area (Å²) in [5, 5.41) is 0. The van der Waals surface area contributed by atoms with Gasteiger partial charge in [-0.05, 0) is 23.1 Å². The van der Waals surface area contributed by atoms with Crippen LogP contribution in [0.5, 0.6) is 0 Å². The molecule has 1 aliphatic rings. The van der Waals surface area contributed by atoms with E-state index in [-0.39, 0.29) is 5.41 Å². The maximum Gasteiger partial charge on any atom is 0.0345 e. The molecule has 1 nitrogen and oxygen atoms in total. The molecular weight excluding hydrogens is 226 g/mol. The van der Waals surface area contributed by atoms with E-state index in [1.807, 2.05) is 11.3 Å². The van der Waals surface area contributed by atoms with Crippen LogP contribution >= 0.6 is 11.3 Å². The number of nitrogens with two attached hydrogens (primary N) is 1. The summed E-state index contributed by atoms with van der Waals surface area (Å²) in [5.74, 6) is 0.546. The number of hydrogen-bond acceptors (Lipinski definition) is 2. The third-order valence-electron chi connectivity index (χ3n) is 3.90. The van der Waals surface area contributed by atoms with Gasteiger partial charge in [0.15, 0.2) is 0 Å². The Morgan fingerprint density at radius 1 is 1.06 bits per heavy atom. The van der Waals surface area contributed by atoms with Crippen LogP contribution in [0.3, 0.4) is 0 Å². The number of rotatable bonds is 2. The largest absolute Gasteiger partial charge is 0.327 e. The second-order valence-corrected chi connectivity index (χ2v) is 6.51. The number of benzene rings is 1. The molecule has 17 heavy (non-hydrogen) atoms. The predicted molar refractivity (Wildman–Crippen MR) is 74.3 cm³/mol. The molecule has 0 radical (unpaired) electrons. The molecule has 1 saturated carbocycles. The first kappa shape index (κ1) is 11.0. The van der Waals surface area contributed by atoms with Crippen molar-refractivity contribution in [2.24, 2.45) is 11.1 Å². The Kier molecular flexibility index (Phi) is 2.39. The molecule has 0 spiro atoms. The highest BCUT2D eigenvalue weighted by Crippen LogP contribution is 2.59. The highest BCUT2D eigenvalue weighted by atomic mass is 32.1. The molecule has 2 heteroatoms. The molecular formula is C15H17NS. The highest BCUT2D eigenvalue weighted by Gasteiger charge is 2.56. The minimum atomic E-state index is 0.277. The molecule has 3 rings (SSSR count). The molecule has 1 fully saturated rings. The van der Waals surface area contributed by atoms with Crippen LogP contribution in [-0.4, -0.2) is 6.04 Å². The van der Waals surface area contributed by atoms with E-state index in [9.17, 15) is 0 Å². The van der Waals surface area contributed by atoms with Gasteiger partial charge in [0.05, 0.1) is 0 Å². The summed E-state index contributed by atoms with van der Waals surface area (Å²) >= 11 is 1.88. The SMILES string of the molecule is CC1(C)[C@H](N)[C@H]1c1ccc(-c2ccccc2)s1. The quantitative estimate of drug-likeness (QED) is 0.851. The predicted octanol–water partition coefficient (Wildman–Crippen LogP) is 3.87. The van der Waals surface area contributed by atoms with Gasteiger partial charge < -0.3 is 5.73 Å². The summed E-state index contributed by atoms with van der Waals surface area (Å²) in [7, 11) is 0. The number of thiophene rings is 1. The lowest BCUT2D eigenvalue weighted by Gasteiger charge is -1.98. The van der Waals surface area contributed by atoms with Crippen LogP contribution < -0.4 is 5.73 Å². The topological polar surface area (TPSA) is 26.0 Å². The van der Waals surface area contributed by atoms with Gasteiger partial charge in [0.1, 0.15) is 0 Å². The summed E-state index contributed by atoms with van der Waals surface area (Å²) in [5.41, 5.74) is 7.71. The van der Waals surface area contributed by atoms with Crippen LogP contribution in [0.2, 0.25) is 0 Å². The van der Waals surface area contributed by atoms with Crippen LogP contribution in [0, 0.1) is 5.41 Å². The van der Waals surface area contributed by atoms with Crippen LogP contribution in [0.15, 0.2) is 42.5 Å². The fourth-order valence-corrected chi connectivity index (χ4v) is 3.86. The minimum Gasteiger partial charge on any atom is -0.327 e. The smallest absolute Gasteiger partial charge is 0.0345 e. The fraction of sp³-hybridized carbons (Fsp3) is 0.333. The van der Waals surface area contributed by atoms with Crippen molar-refractivity contribution in [3.8, 4) is 10.4 Å². The molecule has 0 saturated heterocycles. The molecule has 2 atom stereocenters. The Hall–Kier alpha value is -1.12. The Morgan fingerprint density at radius 3 is 2.29 bits per heavy atom. The summed E-state index contributed by atoms with van der Waals surface area (Å²) in [4.78, 5) is 2.77. The number of hydrogen-bond donors (Lipinski definition) is 1. The van der Waals surface area contributed by atoms with Crippen LogP contribution in [0.1, 0.15) is 24.6 Å². The summed E-state index contributed by atoms with van der Waals surface area (Å²) in [6.07, 6.45) is 0. The second-order valence-electron chi connectivity index (χ2n) is 5.39. The monoisotopic (exact) mass is 243 g/mol.